The number of likely N-dealkylation sites (tertiary alicyclic amines) is 1. The lowest BCUT2D eigenvalue weighted by Crippen LogP contribution is -2.48. The summed E-state index contributed by atoms with van der Waals surface area (Å²) in [6, 6.07) is 0.631. The van der Waals surface area contributed by atoms with E-state index >= 15 is 0 Å². The zero-order chi connectivity index (χ0) is 11.4. The van der Waals surface area contributed by atoms with Crippen molar-refractivity contribution in [2.75, 3.05) is 32.8 Å². The number of hydrogen-bond acceptors (Lipinski definition) is 3. The number of nitrogens with two attached hydrogens (primary N) is 1. The Hall–Kier alpha value is -0.120. The average Bonchev–Trinajstić information content (AvgIpc) is 2.33. The van der Waals surface area contributed by atoms with Crippen LogP contribution in [0, 0.1) is 11.8 Å². The third-order valence-corrected chi connectivity index (χ3v) is 4.21. The summed E-state index contributed by atoms with van der Waals surface area (Å²) in [4.78, 5) is 2.63. The van der Waals surface area contributed by atoms with Gasteiger partial charge in [0, 0.05) is 32.3 Å². The monoisotopic (exact) mass is 226 g/mol. The summed E-state index contributed by atoms with van der Waals surface area (Å²) in [5, 5.41) is 0. The van der Waals surface area contributed by atoms with Crippen LogP contribution in [0.15, 0.2) is 0 Å². The Kier molecular flexibility index (Phi) is 4.62. The van der Waals surface area contributed by atoms with E-state index in [-0.39, 0.29) is 0 Å². The molecule has 3 nitrogen and oxygen atoms in total. The molecule has 3 heteroatoms. The number of nitrogens with zero attached hydrogens (tertiary/aromatic N) is 1. The Morgan fingerprint density at radius 3 is 2.69 bits per heavy atom. The third-order valence-electron chi connectivity index (χ3n) is 4.21. The molecule has 2 aliphatic heterocycles. The van der Waals surface area contributed by atoms with Gasteiger partial charge in [-0.15, -0.1) is 0 Å². The molecule has 0 aromatic rings. The summed E-state index contributed by atoms with van der Waals surface area (Å²) in [6.07, 6.45) is 5.12. The first-order chi connectivity index (χ1) is 7.79. The first kappa shape index (κ1) is 12.3. The minimum Gasteiger partial charge on any atom is -0.381 e. The summed E-state index contributed by atoms with van der Waals surface area (Å²) >= 11 is 0. The molecule has 0 spiro atoms. The number of piperidine rings is 1. The van der Waals surface area contributed by atoms with Gasteiger partial charge in [0.2, 0.25) is 0 Å². The van der Waals surface area contributed by atoms with Gasteiger partial charge in [-0.2, -0.15) is 0 Å². The van der Waals surface area contributed by atoms with Gasteiger partial charge in [-0.1, -0.05) is 6.92 Å². The van der Waals surface area contributed by atoms with Crippen LogP contribution in [0.5, 0.6) is 0 Å². The number of ether oxygens (including phenoxy) is 1. The lowest BCUT2D eigenvalue weighted by atomic mass is 9.90. The fourth-order valence-electron chi connectivity index (χ4n) is 3.05. The fraction of sp³-hybridized carbons (Fsp3) is 1.00. The fourth-order valence-corrected chi connectivity index (χ4v) is 3.05. The molecular formula is C13H26N2O. The molecular weight excluding hydrogens is 200 g/mol. The summed E-state index contributed by atoms with van der Waals surface area (Å²) in [5.41, 5.74) is 5.89. The van der Waals surface area contributed by atoms with Crippen LogP contribution in [0.4, 0.5) is 0 Å². The first-order valence-corrected chi connectivity index (χ1v) is 6.81. The van der Waals surface area contributed by atoms with Crippen molar-refractivity contribution in [2.45, 2.75) is 38.6 Å². The summed E-state index contributed by atoms with van der Waals surface area (Å²) < 4.78 is 5.42. The molecule has 16 heavy (non-hydrogen) atoms. The predicted molar refractivity (Wildman–Crippen MR) is 66.4 cm³/mol. The van der Waals surface area contributed by atoms with Gasteiger partial charge < -0.3 is 10.5 Å². The molecule has 0 amide bonds. The van der Waals surface area contributed by atoms with Crippen LogP contribution in [-0.2, 0) is 4.74 Å². The van der Waals surface area contributed by atoms with Gasteiger partial charge in [0.15, 0.2) is 0 Å². The summed E-state index contributed by atoms with van der Waals surface area (Å²) in [6.45, 7) is 7.60. The molecule has 2 fully saturated rings. The van der Waals surface area contributed by atoms with Gasteiger partial charge in [0.05, 0.1) is 0 Å². The van der Waals surface area contributed by atoms with E-state index in [2.05, 4.69) is 11.8 Å². The quantitative estimate of drug-likeness (QED) is 0.792. The van der Waals surface area contributed by atoms with Gasteiger partial charge in [0.1, 0.15) is 0 Å². The Morgan fingerprint density at radius 1 is 1.25 bits per heavy atom. The molecule has 94 valence electrons. The van der Waals surface area contributed by atoms with Gasteiger partial charge in [-0.05, 0) is 44.1 Å². The zero-order valence-electron chi connectivity index (χ0n) is 10.5. The van der Waals surface area contributed by atoms with Crippen LogP contribution in [0.1, 0.15) is 32.6 Å². The molecule has 2 atom stereocenters. The highest BCUT2D eigenvalue weighted by atomic mass is 16.5. The van der Waals surface area contributed by atoms with Gasteiger partial charge >= 0.3 is 0 Å². The molecule has 2 rings (SSSR count). The van der Waals surface area contributed by atoms with Crippen molar-refractivity contribution in [3.05, 3.63) is 0 Å². The maximum Gasteiger partial charge on any atom is 0.0469 e. The normalized spacial score (nSPS) is 34.1. The van der Waals surface area contributed by atoms with Crippen LogP contribution in [-0.4, -0.2) is 43.8 Å². The van der Waals surface area contributed by atoms with Crippen LogP contribution >= 0.6 is 0 Å². The SMILES string of the molecule is C[C@@H]1CCN(CC2CCOCC2)[C@H](CN)C1. The molecule has 2 heterocycles. The highest BCUT2D eigenvalue weighted by molar-refractivity contribution is 4.82. The second-order valence-corrected chi connectivity index (χ2v) is 5.57. The molecule has 2 saturated heterocycles. The van der Waals surface area contributed by atoms with Crippen molar-refractivity contribution in [1.82, 2.24) is 4.90 Å². The second kappa shape index (κ2) is 5.99. The highest BCUT2D eigenvalue weighted by Crippen LogP contribution is 2.25. The van der Waals surface area contributed by atoms with E-state index in [9.17, 15) is 0 Å². The molecule has 0 unspecified atom stereocenters. The minimum atomic E-state index is 0.631. The van der Waals surface area contributed by atoms with Crippen molar-refractivity contribution >= 4 is 0 Å². The number of rotatable bonds is 3. The average molecular weight is 226 g/mol. The lowest BCUT2D eigenvalue weighted by Gasteiger charge is -2.40. The largest absolute Gasteiger partial charge is 0.381 e. The lowest BCUT2D eigenvalue weighted by molar-refractivity contribution is 0.0343. The summed E-state index contributed by atoms with van der Waals surface area (Å²) in [5.74, 6) is 1.70. The first-order valence-electron chi connectivity index (χ1n) is 6.81. The van der Waals surface area contributed by atoms with Gasteiger partial charge in [-0.3, -0.25) is 4.90 Å². The summed E-state index contributed by atoms with van der Waals surface area (Å²) in [7, 11) is 0. The van der Waals surface area contributed by atoms with E-state index < -0.39 is 0 Å². The van der Waals surface area contributed by atoms with Crippen LogP contribution in [0.2, 0.25) is 0 Å². The van der Waals surface area contributed by atoms with E-state index in [0.29, 0.717) is 6.04 Å². The van der Waals surface area contributed by atoms with Crippen LogP contribution in [0.25, 0.3) is 0 Å². The van der Waals surface area contributed by atoms with E-state index in [4.69, 9.17) is 10.5 Å². The third kappa shape index (κ3) is 3.19. The zero-order valence-corrected chi connectivity index (χ0v) is 10.5. The highest BCUT2D eigenvalue weighted by Gasteiger charge is 2.27. The van der Waals surface area contributed by atoms with Gasteiger partial charge in [0.25, 0.3) is 0 Å². The maximum atomic E-state index is 5.89. The number of hydrogen-bond donors (Lipinski definition) is 1. The van der Waals surface area contributed by atoms with E-state index in [1.165, 1.54) is 38.8 Å². The molecule has 0 radical (unpaired) electrons. The Morgan fingerprint density at radius 2 is 2.00 bits per heavy atom. The molecule has 0 saturated carbocycles. The minimum absolute atomic E-state index is 0.631. The van der Waals surface area contributed by atoms with Crippen molar-refractivity contribution < 1.29 is 4.74 Å². The second-order valence-electron chi connectivity index (χ2n) is 5.57. The van der Waals surface area contributed by atoms with Crippen molar-refractivity contribution in [2.24, 2.45) is 17.6 Å². The van der Waals surface area contributed by atoms with Crippen molar-refractivity contribution in [3.63, 3.8) is 0 Å². The van der Waals surface area contributed by atoms with Crippen LogP contribution < -0.4 is 5.73 Å². The Labute approximate surface area is 99.3 Å². The predicted octanol–water partition coefficient (Wildman–Crippen LogP) is 1.47. The Bertz CT molecular complexity index is 204. The smallest absolute Gasteiger partial charge is 0.0469 e. The van der Waals surface area contributed by atoms with E-state index in [1.807, 2.05) is 0 Å². The molecule has 0 aliphatic carbocycles. The molecule has 2 aliphatic rings. The molecule has 0 aromatic carbocycles. The standard InChI is InChI=1S/C13H26N2O/c1-11-2-5-15(13(8-11)9-14)10-12-3-6-16-7-4-12/h11-13H,2-10,14H2,1H3/t11-,13+/m1/s1. The van der Waals surface area contributed by atoms with Crippen LogP contribution in [0.3, 0.4) is 0 Å². The molecule has 0 bridgehead atoms. The van der Waals surface area contributed by atoms with Crippen molar-refractivity contribution in [3.8, 4) is 0 Å². The van der Waals surface area contributed by atoms with E-state index in [0.717, 1.165) is 31.6 Å². The molecule has 0 aromatic heterocycles. The topological polar surface area (TPSA) is 38.5 Å². The van der Waals surface area contributed by atoms with E-state index in [1.54, 1.807) is 0 Å². The maximum absolute atomic E-state index is 5.89. The molecule has 2 N–H and O–H groups in total. The van der Waals surface area contributed by atoms with Crippen molar-refractivity contribution in [1.29, 1.82) is 0 Å². The Balaban J connectivity index is 1.82. The van der Waals surface area contributed by atoms with Gasteiger partial charge in [-0.25, -0.2) is 0 Å².